The van der Waals surface area contributed by atoms with Crippen molar-refractivity contribution in [2.75, 3.05) is 7.05 Å². The van der Waals surface area contributed by atoms with Crippen LogP contribution in [0.2, 0.25) is 5.02 Å². The lowest BCUT2D eigenvalue weighted by Gasteiger charge is -2.12. The summed E-state index contributed by atoms with van der Waals surface area (Å²) in [6, 6.07) is 21.6. The molecule has 4 aromatic rings. The van der Waals surface area contributed by atoms with E-state index in [1.807, 2.05) is 88.6 Å². The highest BCUT2D eigenvalue weighted by atomic mass is 35.5. The van der Waals surface area contributed by atoms with Gasteiger partial charge in [-0.2, -0.15) is 0 Å². The van der Waals surface area contributed by atoms with Crippen LogP contribution in [0, 0.1) is 6.92 Å². The van der Waals surface area contributed by atoms with Gasteiger partial charge in [-0.1, -0.05) is 80.1 Å². The molecule has 0 fully saturated rings. The number of ether oxygens (including phenoxy) is 1. The number of allylic oxidation sites excluding steroid dienone is 2. The Bertz CT molecular complexity index is 1410. The molecule has 0 saturated heterocycles. The van der Waals surface area contributed by atoms with Crippen LogP contribution in [0.3, 0.4) is 0 Å². The lowest BCUT2D eigenvalue weighted by Crippen LogP contribution is -1.97. The van der Waals surface area contributed by atoms with E-state index in [1.54, 1.807) is 19.3 Å². The maximum absolute atomic E-state index is 6.09. The molecule has 0 aliphatic carbocycles. The smallest absolute Gasteiger partial charge is 0.222 e. The van der Waals surface area contributed by atoms with Gasteiger partial charge in [0, 0.05) is 52.9 Å². The van der Waals surface area contributed by atoms with E-state index in [9.17, 15) is 0 Å². The van der Waals surface area contributed by atoms with Crippen LogP contribution in [0.5, 0.6) is 11.6 Å². The summed E-state index contributed by atoms with van der Waals surface area (Å²) in [7, 11) is 1.77. The highest BCUT2D eigenvalue weighted by Crippen LogP contribution is 2.31. The Morgan fingerprint density at radius 3 is 2.38 bits per heavy atom. The molecule has 4 nitrogen and oxygen atoms in total. The van der Waals surface area contributed by atoms with E-state index in [0.717, 1.165) is 39.1 Å². The maximum Gasteiger partial charge on any atom is 0.222 e. The monoisotopic (exact) mass is 509 g/mol. The van der Waals surface area contributed by atoms with E-state index >= 15 is 0 Å². The molecule has 188 valence electrons. The van der Waals surface area contributed by atoms with Crippen LogP contribution >= 0.6 is 11.6 Å². The quantitative estimate of drug-likeness (QED) is 0.233. The van der Waals surface area contributed by atoms with Gasteiger partial charge >= 0.3 is 0 Å². The van der Waals surface area contributed by atoms with Gasteiger partial charge in [-0.15, -0.1) is 0 Å². The molecule has 0 amide bonds. The van der Waals surface area contributed by atoms with Gasteiger partial charge in [0.05, 0.1) is 5.69 Å². The van der Waals surface area contributed by atoms with Gasteiger partial charge < -0.3 is 4.74 Å². The Balaban J connectivity index is 0.00000186. The SMILES string of the molecule is C/C=C(\C=NC)c1cnc(-c2cnc(Oc3cccc(Cl)c3)c(C)c2)c(/C=C/c2ccccc2)c1.CC. The highest BCUT2D eigenvalue weighted by Gasteiger charge is 2.12. The molecule has 0 aliphatic rings. The van der Waals surface area contributed by atoms with Crippen molar-refractivity contribution in [3.05, 3.63) is 112 Å². The molecule has 0 atom stereocenters. The van der Waals surface area contributed by atoms with Crippen molar-refractivity contribution in [3.63, 3.8) is 0 Å². The van der Waals surface area contributed by atoms with Crippen molar-refractivity contribution in [1.29, 1.82) is 0 Å². The molecule has 0 saturated carbocycles. The highest BCUT2D eigenvalue weighted by molar-refractivity contribution is 6.30. The van der Waals surface area contributed by atoms with Crippen LogP contribution in [0.25, 0.3) is 29.0 Å². The standard InChI is InChI=1S/C30H26ClN3O.C2H6/c1-4-23(18-32-3)25-16-24(14-13-22-9-6-5-7-10-22)29(33-19-25)26-15-21(2)30(34-20-26)35-28-12-8-11-27(31)17-28;1-2/h4-20H,1-3H3;1-2H3/b14-13+,23-4+,32-18?;. The number of hydrogen-bond donors (Lipinski definition) is 0. The topological polar surface area (TPSA) is 47.4 Å². The van der Waals surface area contributed by atoms with E-state index in [1.165, 1.54) is 0 Å². The number of aryl methyl sites for hydroxylation is 1. The first kappa shape index (κ1) is 27.6. The average molecular weight is 510 g/mol. The van der Waals surface area contributed by atoms with Gasteiger partial charge in [-0.25, -0.2) is 4.98 Å². The molecule has 0 unspecified atom stereocenters. The number of benzene rings is 2. The van der Waals surface area contributed by atoms with Crippen molar-refractivity contribution >= 4 is 35.5 Å². The molecule has 2 heterocycles. The van der Waals surface area contributed by atoms with E-state index in [-0.39, 0.29) is 0 Å². The second-order valence-corrected chi connectivity index (χ2v) is 8.38. The number of nitrogens with zero attached hydrogens (tertiary/aromatic N) is 3. The molecule has 0 spiro atoms. The van der Waals surface area contributed by atoms with E-state index < -0.39 is 0 Å². The van der Waals surface area contributed by atoms with Crippen molar-refractivity contribution in [3.8, 4) is 22.9 Å². The van der Waals surface area contributed by atoms with Gasteiger partial charge in [-0.3, -0.25) is 9.98 Å². The van der Waals surface area contributed by atoms with E-state index in [0.29, 0.717) is 16.7 Å². The number of aromatic nitrogens is 2. The molecule has 0 aliphatic heterocycles. The Morgan fingerprint density at radius 1 is 0.919 bits per heavy atom. The fourth-order valence-corrected chi connectivity index (χ4v) is 3.83. The minimum absolute atomic E-state index is 0.532. The van der Waals surface area contributed by atoms with Crippen molar-refractivity contribution in [1.82, 2.24) is 9.97 Å². The Hall–Kier alpha value is -4.02. The zero-order valence-electron chi connectivity index (χ0n) is 21.9. The van der Waals surface area contributed by atoms with Crippen LogP contribution in [-0.4, -0.2) is 23.2 Å². The summed E-state index contributed by atoms with van der Waals surface area (Å²) in [4.78, 5) is 13.6. The van der Waals surface area contributed by atoms with E-state index in [4.69, 9.17) is 21.3 Å². The van der Waals surface area contributed by atoms with Crippen LogP contribution in [-0.2, 0) is 0 Å². The first-order valence-electron chi connectivity index (χ1n) is 12.3. The Labute approximate surface area is 225 Å². The first-order valence-corrected chi connectivity index (χ1v) is 12.7. The average Bonchev–Trinajstić information content (AvgIpc) is 2.93. The van der Waals surface area contributed by atoms with Crippen LogP contribution < -0.4 is 4.74 Å². The minimum atomic E-state index is 0.532. The normalized spacial score (nSPS) is 11.5. The molecular weight excluding hydrogens is 478 g/mol. The molecule has 2 aromatic carbocycles. The summed E-state index contributed by atoms with van der Waals surface area (Å²) >= 11 is 6.09. The van der Waals surface area contributed by atoms with Crippen LogP contribution in [0.1, 0.15) is 43.0 Å². The second-order valence-electron chi connectivity index (χ2n) is 7.94. The molecule has 0 N–H and O–H groups in total. The van der Waals surface area contributed by atoms with Crippen LogP contribution in [0.15, 0.2) is 90.2 Å². The van der Waals surface area contributed by atoms with Crippen LogP contribution in [0.4, 0.5) is 0 Å². The van der Waals surface area contributed by atoms with E-state index in [2.05, 4.69) is 40.3 Å². The van der Waals surface area contributed by atoms with Gasteiger partial charge in [0.2, 0.25) is 5.88 Å². The molecule has 0 radical (unpaired) electrons. The summed E-state index contributed by atoms with van der Waals surface area (Å²) in [6.45, 7) is 7.97. The summed E-state index contributed by atoms with van der Waals surface area (Å²) in [6.07, 6.45) is 11.7. The fraction of sp³-hybridized carbons (Fsp3) is 0.156. The predicted octanol–water partition coefficient (Wildman–Crippen LogP) is 9.20. The lowest BCUT2D eigenvalue weighted by molar-refractivity contribution is 0.459. The van der Waals surface area contributed by atoms with Gasteiger partial charge in [0.1, 0.15) is 5.75 Å². The van der Waals surface area contributed by atoms with Gasteiger partial charge in [0.25, 0.3) is 0 Å². The van der Waals surface area contributed by atoms with Gasteiger partial charge in [0.15, 0.2) is 0 Å². The third kappa shape index (κ3) is 7.48. The molecule has 0 bridgehead atoms. The largest absolute Gasteiger partial charge is 0.439 e. The fourth-order valence-electron chi connectivity index (χ4n) is 3.65. The van der Waals surface area contributed by atoms with Crippen molar-refractivity contribution in [2.24, 2.45) is 4.99 Å². The molecule has 37 heavy (non-hydrogen) atoms. The number of halogens is 1. The minimum Gasteiger partial charge on any atom is -0.439 e. The number of rotatable bonds is 7. The number of pyridine rings is 2. The Morgan fingerprint density at radius 2 is 1.70 bits per heavy atom. The maximum atomic E-state index is 6.09. The first-order chi connectivity index (χ1) is 18.1. The summed E-state index contributed by atoms with van der Waals surface area (Å²) in [5, 5.41) is 0.615. The molecular formula is C32H32ClN3O. The van der Waals surface area contributed by atoms with Crippen molar-refractivity contribution < 1.29 is 4.74 Å². The lowest BCUT2D eigenvalue weighted by atomic mass is 10.00. The molecule has 2 aromatic heterocycles. The number of aliphatic imine (C=N–C) groups is 1. The zero-order chi connectivity index (χ0) is 26.6. The molecule has 4 rings (SSSR count). The van der Waals surface area contributed by atoms with Crippen molar-refractivity contribution in [2.45, 2.75) is 27.7 Å². The predicted molar refractivity (Wildman–Crippen MR) is 159 cm³/mol. The third-order valence-electron chi connectivity index (χ3n) is 5.40. The number of hydrogen-bond acceptors (Lipinski definition) is 4. The summed E-state index contributed by atoms with van der Waals surface area (Å²) in [5.74, 6) is 1.18. The summed E-state index contributed by atoms with van der Waals surface area (Å²) in [5.41, 5.74) is 6.77. The molecule has 5 heteroatoms. The third-order valence-corrected chi connectivity index (χ3v) is 5.63. The Kier molecular flexibility index (Phi) is 10.4. The van der Waals surface area contributed by atoms with Gasteiger partial charge in [-0.05, 0) is 55.3 Å². The second kappa shape index (κ2) is 13.9. The zero-order valence-corrected chi connectivity index (χ0v) is 22.7. The summed E-state index contributed by atoms with van der Waals surface area (Å²) < 4.78 is 5.96.